The van der Waals surface area contributed by atoms with Gasteiger partial charge in [0.25, 0.3) is 5.69 Å². The summed E-state index contributed by atoms with van der Waals surface area (Å²) < 4.78 is 11.6. The number of non-ortho nitro benzene ring substituents is 1. The van der Waals surface area contributed by atoms with Crippen molar-refractivity contribution in [3.05, 3.63) is 68.3 Å². The average molecular weight is 399 g/mol. The molecular weight excluding hydrogens is 388 g/mol. The van der Waals surface area contributed by atoms with E-state index in [4.69, 9.17) is 9.47 Å². The van der Waals surface area contributed by atoms with Gasteiger partial charge in [-0.25, -0.2) is 4.98 Å². The van der Waals surface area contributed by atoms with E-state index in [0.717, 1.165) is 10.0 Å². The van der Waals surface area contributed by atoms with Crippen molar-refractivity contribution in [2.45, 2.75) is 0 Å². The number of rotatable bonds is 3. The van der Waals surface area contributed by atoms with Crippen LogP contribution in [0.1, 0.15) is 11.3 Å². The first-order valence-corrected chi connectivity index (χ1v) is 8.22. The molecular formula is C18H11BrN2O4. The second kappa shape index (κ2) is 6.18. The molecule has 3 aromatic rings. The smallest absolute Gasteiger partial charge is 0.278 e. The van der Waals surface area contributed by atoms with Crippen LogP contribution in [-0.4, -0.2) is 16.7 Å². The second-order valence-electron chi connectivity index (χ2n) is 5.40. The fourth-order valence-corrected chi connectivity index (χ4v) is 3.10. The number of fused-ring (bicyclic) bond motifs is 2. The monoisotopic (exact) mass is 398 g/mol. The topological polar surface area (TPSA) is 74.5 Å². The molecule has 25 heavy (non-hydrogen) atoms. The second-order valence-corrected chi connectivity index (χ2v) is 6.25. The minimum Gasteiger partial charge on any atom is -0.454 e. The van der Waals surface area contributed by atoms with E-state index in [0.29, 0.717) is 28.1 Å². The van der Waals surface area contributed by atoms with E-state index in [-0.39, 0.29) is 12.5 Å². The van der Waals surface area contributed by atoms with Crippen LogP contribution in [0.3, 0.4) is 0 Å². The van der Waals surface area contributed by atoms with Gasteiger partial charge in [0.05, 0.1) is 21.5 Å². The Morgan fingerprint density at radius 2 is 1.92 bits per heavy atom. The summed E-state index contributed by atoms with van der Waals surface area (Å²) in [7, 11) is 0. The molecule has 0 atom stereocenters. The molecule has 0 aliphatic carbocycles. The van der Waals surface area contributed by atoms with Crippen molar-refractivity contribution in [3.8, 4) is 11.5 Å². The highest BCUT2D eigenvalue weighted by molar-refractivity contribution is 9.10. The highest BCUT2D eigenvalue weighted by Crippen LogP contribution is 2.37. The lowest BCUT2D eigenvalue weighted by atomic mass is 10.1. The minimum absolute atomic E-state index is 0.0547. The summed E-state index contributed by atoms with van der Waals surface area (Å²) in [5, 5.41) is 11.6. The van der Waals surface area contributed by atoms with E-state index in [1.165, 1.54) is 6.07 Å². The van der Waals surface area contributed by atoms with Crippen molar-refractivity contribution < 1.29 is 14.4 Å². The van der Waals surface area contributed by atoms with E-state index in [2.05, 4.69) is 20.9 Å². The van der Waals surface area contributed by atoms with Gasteiger partial charge in [-0.15, -0.1) is 0 Å². The Morgan fingerprint density at radius 1 is 1.12 bits per heavy atom. The Hall–Kier alpha value is -2.93. The molecule has 4 rings (SSSR count). The number of nitro groups is 1. The normalized spacial score (nSPS) is 12.8. The Labute approximate surface area is 151 Å². The zero-order valence-corrected chi connectivity index (χ0v) is 14.4. The van der Waals surface area contributed by atoms with Crippen LogP contribution in [0.25, 0.3) is 23.1 Å². The van der Waals surface area contributed by atoms with Gasteiger partial charge >= 0.3 is 0 Å². The van der Waals surface area contributed by atoms with E-state index < -0.39 is 4.92 Å². The van der Waals surface area contributed by atoms with Crippen molar-refractivity contribution in [1.82, 2.24) is 4.98 Å². The lowest BCUT2D eigenvalue weighted by Gasteiger charge is -2.03. The molecule has 1 aliphatic heterocycles. The third-order valence-electron chi connectivity index (χ3n) is 3.85. The number of ether oxygens (including phenoxy) is 2. The molecule has 0 amide bonds. The van der Waals surface area contributed by atoms with Crippen molar-refractivity contribution in [3.63, 3.8) is 0 Å². The maximum Gasteiger partial charge on any atom is 0.278 e. The molecule has 7 heteroatoms. The predicted octanol–water partition coefficient (Wildman–Crippen LogP) is 4.80. The predicted molar refractivity (Wildman–Crippen MR) is 97.6 cm³/mol. The Bertz CT molecular complexity index is 1030. The van der Waals surface area contributed by atoms with Crippen LogP contribution in [0, 0.1) is 10.1 Å². The van der Waals surface area contributed by atoms with Crippen LogP contribution in [0.15, 0.2) is 46.9 Å². The zero-order valence-electron chi connectivity index (χ0n) is 12.8. The quantitative estimate of drug-likeness (QED) is 0.467. The van der Waals surface area contributed by atoms with Crippen LogP contribution in [-0.2, 0) is 0 Å². The van der Waals surface area contributed by atoms with E-state index in [1.807, 2.05) is 24.3 Å². The Morgan fingerprint density at radius 3 is 2.72 bits per heavy atom. The molecule has 0 spiro atoms. The lowest BCUT2D eigenvalue weighted by Crippen LogP contribution is -1.92. The number of pyridine rings is 1. The van der Waals surface area contributed by atoms with Gasteiger partial charge in [0.15, 0.2) is 11.5 Å². The number of hydrogen-bond acceptors (Lipinski definition) is 5. The molecule has 0 bridgehead atoms. The minimum atomic E-state index is -0.400. The molecule has 2 heterocycles. The summed E-state index contributed by atoms with van der Waals surface area (Å²) in [6.45, 7) is 0.222. The maximum atomic E-state index is 11.1. The number of nitrogens with zero attached hydrogens (tertiary/aromatic N) is 2. The van der Waals surface area contributed by atoms with Crippen molar-refractivity contribution in [2.75, 3.05) is 6.79 Å². The van der Waals surface area contributed by atoms with Gasteiger partial charge in [-0.05, 0) is 42.0 Å². The summed E-state index contributed by atoms with van der Waals surface area (Å²) in [4.78, 5) is 15.2. The molecule has 0 fully saturated rings. The van der Waals surface area contributed by atoms with Gasteiger partial charge in [-0.2, -0.15) is 0 Å². The SMILES string of the molecule is O=[N+]([O-])c1cccc2nc(/C=C/c3cc4c(cc3Br)OCO4)ccc12. The standard InChI is InChI=1S/C18H11BrN2O4/c19-14-9-18-17(24-10-25-18)8-11(14)4-5-12-6-7-13-15(20-12)2-1-3-16(13)21(22)23/h1-9H,10H2/b5-4+. The number of benzene rings is 2. The van der Waals surface area contributed by atoms with Crippen LogP contribution < -0.4 is 9.47 Å². The first-order chi connectivity index (χ1) is 12.1. The first-order valence-electron chi connectivity index (χ1n) is 7.43. The molecule has 1 aliphatic rings. The molecule has 0 unspecified atom stereocenters. The van der Waals surface area contributed by atoms with Crippen LogP contribution in [0.5, 0.6) is 11.5 Å². The van der Waals surface area contributed by atoms with Gasteiger partial charge in [-0.1, -0.05) is 28.1 Å². The molecule has 2 aromatic carbocycles. The first kappa shape index (κ1) is 15.6. The molecule has 0 radical (unpaired) electrons. The highest BCUT2D eigenvalue weighted by atomic mass is 79.9. The number of aromatic nitrogens is 1. The number of hydrogen-bond donors (Lipinski definition) is 0. The Kier molecular flexibility index (Phi) is 3.85. The summed E-state index contributed by atoms with van der Waals surface area (Å²) in [5.74, 6) is 1.41. The van der Waals surface area contributed by atoms with E-state index >= 15 is 0 Å². The van der Waals surface area contributed by atoms with Crippen LogP contribution in [0.4, 0.5) is 5.69 Å². The van der Waals surface area contributed by atoms with Crippen molar-refractivity contribution in [1.29, 1.82) is 0 Å². The molecule has 0 N–H and O–H groups in total. The summed E-state index contributed by atoms with van der Waals surface area (Å²) >= 11 is 3.51. The third kappa shape index (κ3) is 2.94. The van der Waals surface area contributed by atoms with E-state index in [1.54, 1.807) is 24.3 Å². The fraction of sp³-hybridized carbons (Fsp3) is 0.0556. The molecule has 124 valence electrons. The number of halogens is 1. The number of nitro benzene ring substituents is 1. The van der Waals surface area contributed by atoms with Gasteiger partial charge in [0, 0.05) is 10.5 Å². The van der Waals surface area contributed by atoms with Gasteiger partial charge in [-0.3, -0.25) is 10.1 Å². The Balaban J connectivity index is 1.69. The van der Waals surface area contributed by atoms with Crippen LogP contribution >= 0.6 is 15.9 Å². The van der Waals surface area contributed by atoms with Crippen LogP contribution in [0.2, 0.25) is 0 Å². The molecule has 6 nitrogen and oxygen atoms in total. The summed E-state index contributed by atoms with van der Waals surface area (Å²) in [6.07, 6.45) is 3.75. The molecule has 0 saturated heterocycles. The molecule has 0 saturated carbocycles. The largest absolute Gasteiger partial charge is 0.454 e. The fourth-order valence-electron chi connectivity index (χ4n) is 2.64. The average Bonchev–Trinajstić information content (AvgIpc) is 3.05. The van der Waals surface area contributed by atoms with Gasteiger partial charge in [0.1, 0.15) is 0 Å². The lowest BCUT2D eigenvalue weighted by molar-refractivity contribution is -0.383. The molecule has 1 aromatic heterocycles. The van der Waals surface area contributed by atoms with Crippen molar-refractivity contribution in [2.24, 2.45) is 0 Å². The zero-order chi connectivity index (χ0) is 17.4. The third-order valence-corrected chi connectivity index (χ3v) is 4.54. The highest BCUT2D eigenvalue weighted by Gasteiger charge is 2.15. The maximum absolute atomic E-state index is 11.1. The van der Waals surface area contributed by atoms with Crippen molar-refractivity contribution >= 4 is 44.7 Å². The van der Waals surface area contributed by atoms with Gasteiger partial charge < -0.3 is 9.47 Å². The van der Waals surface area contributed by atoms with Gasteiger partial charge in [0.2, 0.25) is 6.79 Å². The van der Waals surface area contributed by atoms with E-state index in [9.17, 15) is 10.1 Å². The summed E-state index contributed by atoms with van der Waals surface area (Å²) in [5.41, 5.74) is 2.27. The summed E-state index contributed by atoms with van der Waals surface area (Å²) in [6, 6.07) is 12.1.